The molecule has 0 unspecified atom stereocenters. The minimum absolute atomic E-state index is 0.165. The first-order chi connectivity index (χ1) is 13.5. The first kappa shape index (κ1) is 17.7. The molecule has 0 bridgehead atoms. The molecule has 6 nitrogen and oxygen atoms in total. The fraction of sp³-hybridized carbons (Fsp3) is 0.100. The Labute approximate surface area is 158 Å². The van der Waals surface area contributed by atoms with Gasteiger partial charge in [-0.1, -0.05) is 12.1 Å². The van der Waals surface area contributed by atoms with Crippen LogP contribution in [0.25, 0.3) is 22.4 Å². The summed E-state index contributed by atoms with van der Waals surface area (Å²) in [7, 11) is 0. The molecule has 28 heavy (non-hydrogen) atoms. The molecule has 0 fully saturated rings. The van der Waals surface area contributed by atoms with E-state index in [0.717, 1.165) is 4.57 Å². The lowest BCUT2D eigenvalue weighted by molar-refractivity contribution is 0.0764. The molecular formula is C20H15F2N5O. The summed E-state index contributed by atoms with van der Waals surface area (Å²) in [6, 6.07) is 13.3. The molecule has 4 aromatic rings. The Balaban J connectivity index is 1.62. The van der Waals surface area contributed by atoms with Gasteiger partial charge in [0.05, 0.1) is 22.9 Å². The fourth-order valence-corrected chi connectivity index (χ4v) is 2.85. The molecule has 0 spiro atoms. The summed E-state index contributed by atoms with van der Waals surface area (Å²) in [4.78, 5) is 24.6. The number of anilines is 1. The summed E-state index contributed by atoms with van der Waals surface area (Å²) in [6.07, 6.45) is 2.90. The monoisotopic (exact) mass is 379 g/mol. The van der Waals surface area contributed by atoms with Crippen molar-refractivity contribution < 1.29 is 13.6 Å². The van der Waals surface area contributed by atoms with Crippen molar-refractivity contribution in [2.24, 2.45) is 0 Å². The number of imidazole rings is 1. The number of amides is 1. The quantitative estimate of drug-likeness (QED) is 0.569. The van der Waals surface area contributed by atoms with Crippen molar-refractivity contribution in [3.63, 3.8) is 0 Å². The molecule has 2 heterocycles. The Bertz CT molecular complexity index is 1140. The van der Waals surface area contributed by atoms with E-state index in [1.807, 2.05) is 0 Å². The van der Waals surface area contributed by atoms with Crippen LogP contribution in [0.2, 0.25) is 0 Å². The van der Waals surface area contributed by atoms with Crippen LogP contribution < -0.4 is 5.32 Å². The van der Waals surface area contributed by atoms with E-state index in [2.05, 4.69) is 20.3 Å². The molecule has 2 aromatic carbocycles. The highest BCUT2D eigenvalue weighted by molar-refractivity contribution is 6.02. The van der Waals surface area contributed by atoms with Gasteiger partial charge in [0.15, 0.2) is 0 Å². The van der Waals surface area contributed by atoms with Gasteiger partial charge in [0.1, 0.15) is 11.5 Å². The number of para-hydroxylation sites is 2. The summed E-state index contributed by atoms with van der Waals surface area (Å²) >= 11 is 0. The minimum atomic E-state index is -2.72. The molecule has 1 N–H and O–H groups in total. The molecule has 1 amide bonds. The highest BCUT2D eigenvalue weighted by Crippen LogP contribution is 2.30. The topological polar surface area (TPSA) is 72.7 Å². The number of hydrogen-bond acceptors (Lipinski definition) is 4. The Hall–Kier alpha value is -3.68. The van der Waals surface area contributed by atoms with Crippen LogP contribution in [0.4, 0.5) is 14.5 Å². The zero-order chi connectivity index (χ0) is 19.7. The molecule has 0 aliphatic rings. The van der Waals surface area contributed by atoms with E-state index in [4.69, 9.17) is 0 Å². The van der Waals surface area contributed by atoms with Gasteiger partial charge in [-0.3, -0.25) is 14.3 Å². The van der Waals surface area contributed by atoms with Gasteiger partial charge in [0.25, 0.3) is 5.91 Å². The number of aryl methyl sites for hydroxylation is 1. The van der Waals surface area contributed by atoms with Crippen LogP contribution in [0.1, 0.15) is 22.7 Å². The van der Waals surface area contributed by atoms with Crippen LogP contribution in [-0.4, -0.2) is 25.4 Å². The zero-order valence-corrected chi connectivity index (χ0v) is 14.8. The van der Waals surface area contributed by atoms with Crippen molar-refractivity contribution in [3.05, 3.63) is 72.3 Å². The third-order valence-electron chi connectivity index (χ3n) is 4.21. The van der Waals surface area contributed by atoms with Gasteiger partial charge in [-0.15, -0.1) is 0 Å². The first-order valence-corrected chi connectivity index (χ1v) is 8.48. The van der Waals surface area contributed by atoms with E-state index in [1.165, 1.54) is 12.4 Å². The zero-order valence-electron chi connectivity index (χ0n) is 14.8. The van der Waals surface area contributed by atoms with Crippen molar-refractivity contribution in [1.82, 2.24) is 19.5 Å². The summed E-state index contributed by atoms with van der Waals surface area (Å²) < 4.78 is 28.1. The Morgan fingerprint density at radius 1 is 1.04 bits per heavy atom. The average Bonchev–Trinajstić information content (AvgIpc) is 3.09. The van der Waals surface area contributed by atoms with Crippen LogP contribution in [0, 0.1) is 6.92 Å². The molecule has 4 rings (SSSR count). The highest BCUT2D eigenvalue weighted by atomic mass is 19.3. The summed E-state index contributed by atoms with van der Waals surface area (Å²) in [5, 5.41) is 2.70. The van der Waals surface area contributed by atoms with Crippen LogP contribution in [-0.2, 0) is 0 Å². The largest absolute Gasteiger partial charge is 0.321 e. The lowest BCUT2D eigenvalue weighted by Crippen LogP contribution is -2.14. The fourth-order valence-electron chi connectivity index (χ4n) is 2.85. The Kier molecular flexibility index (Phi) is 4.52. The van der Waals surface area contributed by atoms with Crippen LogP contribution in [0.15, 0.2) is 60.9 Å². The number of aromatic nitrogens is 4. The number of hydrogen-bond donors (Lipinski definition) is 1. The smallest absolute Gasteiger partial charge is 0.320 e. The molecule has 0 saturated carbocycles. The van der Waals surface area contributed by atoms with Gasteiger partial charge in [-0.05, 0) is 43.3 Å². The normalized spacial score (nSPS) is 11.1. The van der Waals surface area contributed by atoms with Gasteiger partial charge in [-0.25, -0.2) is 9.97 Å². The number of nitrogens with one attached hydrogen (secondary N) is 1. The Morgan fingerprint density at radius 2 is 1.79 bits per heavy atom. The van der Waals surface area contributed by atoms with E-state index >= 15 is 0 Å². The second-order valence-corrected chi connectivity index (χ2v) is 6.15. The van der Waals surface area contributed by atoms with Gasteiger partial charge >= 0.3 is 6.55 Å². The standard InChI is InChI=1S/C20H15F2N5O/c1-12-10-24-16(11-23-12)19(28)25-14-8-6-13(7-9-14)18-26-15-4-2-3-5-17(15)27(18)20(21)22/h2-11,20H,1H3,(H,25,28). The van der Waals surface area contributed by atoms with E-state index in [9.17, 15) is 13.6 Å². The number of alkyl halides is 2. The number of halogens is 2. The molecular weight excluding hydrogens is 364 g/mol. The van der Waals surface area contributed by atoms with Crippen molar-refractivity contribution in [3.8, 4) is 11.4 Å². The lowest BCUT2D eigenvalue weighted by Gasteiger charge is -2.09. The number of carbonyl (C=O) groups is 1. The minimum Gasteiger partial charge on any atom is -0.321 e. The molecule has 0 aliphatic carbocycles. The number of benzene rings is 2. The maximum absolute atomic E-state index is 13.6. The molecule has 0 radical (unpaired) electrons. The maximum atomic E-state index is 13.6. The second kappa shape index (κ2) is 7.15. The van der Waals surface area contributed by atoms with Gasteiger partial charge in [-0.2, -0.15) is 8.78 Å². The molecule has 0 atom stereocenters. The first-order valence-electron chi connectivity index (χ1n) is 8.48. The maximum Gasteiger partial charge on any atom is 0.320 e. The van der Waals surface area contributed by atoms with E-state index < -0.39 is 12.5 Å². The van der Waals surface area contributed by atoms with Gasteiger partial charge < -0.3 is 5.32 Å². The third-order valence-corrected chi connectivity index (χ3v) is 4.21. The second-order valence-electron chi connectivity index (χ2n) is 6.15. The number of nitrogens with zero attached hydrogens (tertiary/aromatic N) is 4. The van der Waals surface area contributed by atoms with Gasteiger partial charge in [0, 0.05) is 17.4 Å². The van der Waals surface area contributed by atoms with Crippen LogP contribution in [0.3, 0.4) is 0 Å². The summed E-state index contributed by atoms with van der Waals surface area (Å²) in [6.45, 7) is -0.943. The molecule has 0 aliphatic heterocycles. The third kappa shape index (κ3) is 3.32. The summed E-state index contributed by atoms with van der Waals surface area (Å²) in [5.41, 5.74) is 2.79. The van der Waals surface area contributed by atoms with Crippen molar-refractivity contribution >= 4 is 22.6 Å². The predicted octanol–water partition coefficient (Wildman–Crippen LogP) is 4.45. The van der Waals surface area contributed by atoms with E-state index in [1.54, 1.807) is 55.5 Å². The molecule has 0 saturated heterocycles. The van der Waals surface area contributed by atoms with Crippen molar-refractivity contribution in [2.45, 2.75) is 13.5 Å². The highest BCUT2D eigenvalue weighted by Gasteiger charge is 2.18. The van der Waals surface area contributed by atoms with E-state index in [0.29, 0.717) is 28.0 Å². The number of carbonyl (C=O) groups excluding carboxylic acids is 1. The number of rotatable bonds is 4. The van der Waals surface area contributed by atoms with Crippen LogP contribution >= 0.6 is 0 Å². The molecule has 140 valence electrons. The van der Waals surface area contributed by atoms with Crippen molar-refractivity contribution in [1.29, 1.82) is 0 Å². The predicted molar refractivity (Wildman–Crippen MR) is 101 cm³/mol. The lowest BCUT2D eigenvalue weighted by atomic mass is 10.2. The number of fused-ring (bicyclic) bond motifs is 1. The SMILES string of the molecule is Cc1cnc(C(=O)Nc2ccc(-c3nc4ccccc4n3C(F)F)cc2)cn1. The van der Waals surface area contributed by atoms with Crippen molar-refractivity contribution in [2.75, 3.05) is 5.32 Å². The average molecular weight is 379 g/mol. The van der Waals surface area contributed by atoms with E-state index in [-0.39, 0.29) is 11.5 Å². The molecule has 2 aromatic heterocycles. The Morgan fingerprint density at radius 3 is 2.46 bits per heavy atom. The molecule has 8 heteroatoms. The van der Waals surface area contributed by atoms with Gasteiger partial charge in [0.2, 0.25) is 0 Å². The van der Waals surface area contributed by atoms with Crippen LogP contribution in [0.5, 0.6) is 0 Å². The summed E-state index contributed by atoms with van der Waals surface area (Å²) in [5.74, 6) is -0.237.